The van der Waals surface area contributed by atoms with Gasteiger partial charge in [-0.15, -0.1) is 11.8 Å². The van der Waals surface area contributed by atoms with Gasteiger partial charge in [0.15, 0.2) is 0 Å². The molecular weight excluding hydrogens is 238 g/mol. The summed E-state index contributed by atoms with van der Waals surface area (Å²) < 4.78 is 5.12. The van der Waals surface area contributed by atoms with Crippen LogP contribution in [-0.4, -0.2) is 36.5 Å². The largest absolute Gasteiger partial charge is 0.497 e. The van der Waals surface area contributed by atoms with E-state index in [0.717, 1.165) is 10.6 Å². The fourth-order valence-electron chi connectivity index (χ4n) is 1.16. The van der Waals surface area contributed by atoms with Gasteiger partial charge in [0.2, 0.25) is 0 Å². The predicted octanol–water partition coefficient (Wildman–Crippen LogP) is 1.85. The van der Waals surface area contributed by atoms with Gasteiger partial charge in [0.1, 0.15) is 11.3 Å². The summed E-state index contributed by atoms with van der Waals surface area (Å²) in [6, 6.07) is 7.57. The summed E-state index contributed by atoms with van der Waals surface area (Å²) in [6.45, 7) is 1.67. The highest BCUT2D eigenvalue weighted by molar-refractivity contribution is 7.99. The monoisotopic (exact) mass is 255 g/mol. The Morgan fingerprint density at radius 3 is 2.82 bits per heavy atom. The van der Waals surface area contributed by atoms with Crippen LogP contribution in [-0.2, 0) is 4.79 Å². The minimum absolute atomic E-state index is 0.450. The zero-order valence-electron chi connectivity index (χ0n) is 10.2. The molecule has 0 aromatic heterocycles. The number of thioether (sulfide) groups is 1. The molecule has 0 bridgehead atoms. The Hall–Kier alpha value is -1.20. The Labute approximate surface area is 105 Å². The summed E-state index contributed by atoms with van der Waals surface area (Å²) >= 11 is 1.49. The number of hydrogen-bond acceptors (Lipinski definition) is 4. The average Bonchev–Trinajstić information content (AvgIpc) is 2.36. The van der Waals surface area contributed by atoms with Gasteiger partial charge in [-0.3, -0.25) is 4.79 Å². The van der Waals surface area contributed by atoms with Crippen LogP contribution in [0.4, 0.5) is 0 Å². The van der Waals surface area contributed by atoms with Gasteiger partial charge in [0.05, 0.1) is 7.11 Å². The van der Waals surface area contributed by atoms with Crippen LogP contribution in [0.2, 0.25) is 0 Å². The van der Waals surface area contributed by atoms with E-state index in [-0.39, 0.29) is 0 Å². The zero-order chi connectivity index (χ0) is 12.9. The molecule has 0 aliphatic rings. The molecule has 0 saturated carbocycles. The van der Waals surface area contributed by atoms with Crippen LogP contribution >= 0.6 is 11.8 Å². The van der Waals surface area contributed by atoms with E-state index in [1.165, 1.54) is 11.8 Å². The first kappa shape index (κ1) is 13.9. The molecule has 0 amide bonds. The molecule has 1 unspecified atom stereocenters. The van der Waals surface area contributed by atoms with Gasteiger partial charge in [0.25, 0.3) is 0 Å². The maximum Gasteiger partial charge on any atom is 0.324 e. The first-order valence-electron chi connectivity index (χ1n) is 5.21. The number of methoxy groups -OCH3 is 1. The smallest absolute Gasteiger partial charge is 0.324 e. The predicted molar refractivity (Wildman–Crippen MR) is 68.8 cm³/mol. The topological polar surface area (TPSA) is 58.6 Å². The highest BCUT2D eigenvalue weighted by atomic mass is 32.2. The van der Waals surface area contributed by atoms with Gasteiger partial charge in [-0.1, -0.05) is 6.07 Å². The summed E-state index contributed by atoms with van der Waals surface area (Å²) in [6.07, 6.45) is 0. The molecule has 1 atom stereocenters. The SMILES string of the molecule is CNC(C)(CSc1cccc(OC)c1)C(=O)O. The molecule has 0 radical (unpaired) electrons. The lowest BCUT2D eigenvalue weighted by atomic mass is 10.1. The Bertz CT molecular complexity index is 397. The van der Waals surface area contributed by atoms with E-state index < -0.39 is 11.5 Å². The van der Waals surface area contributed by atoms with Crippen molar-refractivity contribution in [2.45, 2.75) is 17.4 Å². The van der Waals surface area contributed by atoms with Gasteiger partial charge in [-0.2, -0.15) is 0 Å². The number of hydrogen-bond donors (Lipinski definition) is 2. The lowest BCUT2D eigenvalue weighted by Crippen LogP contribution is -2.49. The molecule has 94 valence electrons. The van der Waals surface area contributed by atoms with E-state index in [1.807, 2.05) is 24.3 Å². The number of carboxylic acid groups (broad SMARTS) is 1. The van der Waals surface area contributed by atoms with E-state index >= 15 is 0 Å². The van der Waals surface area contributed by atoms with Crippen LogP contribution in [0.15, 0.2) is 29.2 Å². The van der Waals surface area contributed by atoms with Gasteiger partial charge < -0.3 is 15.2 Å². The number of benzene rings is 1. The minimum Gasteiger partial charge on any atom is -0.497 e. The number of rotatable bonds is 6. The van der Waals surface area contributed by atoms with Crippen molar-refractivity contribution in [3.05, 3.63) is 24.3 Å². The molecule has 2 N–H and O–H groups in total. The molecule has 0 saturated heterocycles. The van der Waals surface area contributed by atoms with Crippen molar-refractivity contribution in [3.63, 3.8) is 0 Å². The van der Waals surface area contributed by atoms with Crippen LogP contribution < -0.4 is 10.1 Å². The van der Waals surface area contributed by atoms with E-state index in [9.17, 15) is 4.79 Å². The number of likely N-dealkylation sites (N-methyl/N-ethyl adjacent to an activating group) is 1. The van der Waals surface area contributed by atoms with Crippen molar-refractivity contribution in [1.82, 2.24) is 5.32 Å². The van der Waals surface area contributed by atoms with E-state index in [2.05, 4.69) is 5.32 Å². The number of carbonyl (C=O) groups is 1. The molecule has 5 heteroatoms. The number of nitrogens with one attached hydrogen (secondary N) is 1. The Morgan fingerprint density at radius 1 is 1.59 bits per heavy atom. The fraction of sp³-hybridized carbons (Fsp3) is 0.417. The number of aliphatic carboxylic acids is 1. The van der Waals surface area contributed by atoms with E-state index in [4.69, 9.17) is 9.84 Å². The highest BCUT2D eigenvalue weighted by Crippen LogP contribution is 2.25. The fourth-order valence-corrected chi connectivity index (χ4v) is 2.26. The first-order chi connectivity index (χ1) is 8.01. The molecule has 1 aromatic carbocycles. The lowest BCUT2D eigenvalue weighted by molar-refractivity contribution is -0.142. The van der Waals surface area contributed by atoms with Crippen LogP contribution in [0.3, 0.4) is 0 Å². The molecule has 17 heavy (non-hydrogen) atoms. The molecule has 0 spiro atoms. The van der Waals surface area contributed by atoms with Gasteiger partial charge in [-0.25, -0.2) is 0 Å². The second kappa shape index (κ2) is 5.93. The van der Waals surface area contributed by atoms with Crippen molar-refractivity contribution >= 4 is 17.7 Å². The normalized spacial score (nSPS) is 14.1. The van der Waals surface area contributed by atoms with E-state index in [1.54, 1.807) is 21.1 Å². The highest BCUT2D eigenvalue weighted by Gasteiger charge is 2.31. The number of ether oxygens (including phenoxy) is 1. The van der Waals surface area contributed by atoms with Gasteiger partial charge >= 0.3 is 5.97 Å². The minimum atomic E-state index is -0.923. The molecule has 0 aliphatic carbocycles. The molecule has 0 aliphatic heterocycles. The van der Waals surface area contributed by atoms with Crippen molar-refractivity contribution < 1.29 is 14.6 Å². The molecule has 4 nitrogen and oxygen atoms in total. The van der Waals surface area contributed by atoms with Gasteiger partial charge in [-0.05, 0) is 32.2 Å². The maximum absolute atomic E-state index is 11.1. The summed E-state index contributed by atoms with van der Waals surface area (Å²) in [7, 11) is 3.26. The van der Waals surface area contributed by atoms with Crippen LogP contribution in [0, 0.1) is 0 Å². The third kappa shape index (κ3) is 3.64. The third-order valence-electron chi connectivity index (χ3n) is 2.59. The molecule has 1 aromatic rings. The standard InChI is InChI=1S/C12H17NO3S/c1-12(13-2,11(14)15)8-17-10-6-4-5-9(7-10)16-3/h4-7,13H,8H2,1-3H3,(H,14,15). The summed E-state index contributed by atoms with van der Waals surface area (Å²) in [4.78, 5) is 12.1. The second-order valence-corrected chi connectivity index (χ2v) is 4.90. The quantitative estimate of drug-likeness (QED) is 0.760. The van der Waals surface area contributed by atoms with Crippen molar-refractivity contribution in [2.75, 3.05) is 19.9 Å². The van der Waals surface area contributed by atoms with Crippen molar-refractivity contribution in [2.24, 2.45) is 0 Å². The molecule has 0 heterocycles. The second-order valence-electron chi connectivity index (χ2n) is 3.85. The van der Waals surface area contributed by atoms with Crippen LogP contribution in [0.25, 0.3) is 0 Å². The summed E-state index contributed by atoms with van der Waals surface area (Å²) in [5.74, 6) is 0.373. The Morgan fingerprint density at radius 2 is 2.29 bits per heavy atom. The van der Waals surface area contributed by atoms with E-state index in [0.29, 0.717) is 5.75 Å². The molecular formula is C12H17NO3S. The maximum atomic E-state index is 11.1. The Kier molecular flexibility index (Phi) is 4.84. The lowest BCUT2D eigenvalue weighted by Gasteiger charge is -2.23. The van der Waals surface area contributed by atoms with Crippen LogP contribution in [0.1, 0.15) is 6.92 Å². The van der Waals surface area contributed by atoms with Crippen molar-refractivity contribution in [1.29, 1.82) is 0 Å². The van der Waals surface area contributed by atoms with Gasteiger partial charge in [0, 0.05) is 10.6 Å². The molecule has 1 rings (SSSR count). The van der Waals surface area contributed by atoms with Crippen LogP contribution in [0.5, 0.6) is 5.75 Å². The Balaban J connectivity index is 2.69. The first-order valence-corrected chi connectivity index (χ1v) is 6.19. The summed E-state index contributed by atoms with van der Waals surface area (Å²) in [5.41, 5.74) is -0.923. The average molecular weight is 255 g/mol. The zero-order valence-corrected chi connectivity index (χ0v) is 11.0. The summed E-state index contributed by atoms with van der Waals surface area (Å²) in [5, 5.41) is 11.9. The third-order valence-corrected chi connectivity index (χ3v) is 3.90. The number of carboxylic acids is 1. The van der Waals surface area contributed by atoms with Crippen molar-refractivity contribution in [3.8, 4) is 5.75 Å². The molecule has 0 fully saturated rings.